The maximum Gasteiger partial charge on any atom is 0.121 e. The Balaban J connectivity index is 0.000000174. The Morgan fingerprint density at radius 1 is 0.648 bits per heavy atom. The third-order valence-corrected chi connectivity index (χ3v) is 12.5. The molecule has 1 radical (unpaired) electrons. The summed E-state index contributed by atoms with van der Waals surface area (Å²) in [6.07, 6.45) is 10.9. The average Bonchev–Trinajstić information content (AvgIpc) is 3.86. The van der Waals surface area contributed by atoms with Crippen molar-refractivity contribution in [3.05, 3.63) is 164 Å². The van der Waals surface area contributed by atoms with Crippen molar-refractivity contribution in [2.24, 2.45) is 5.92 Å². The van der Waals surface area contributed by atoms with Gasteiger partial charge in [0.25, 0.3) is 0 Å². The Labute approximate surface area is 333 Å². The topological polar surface area (TPSA) is 38.9 Å². The van der Waals surface area contributed by atoms with Crippen LogP contribution in [0.25, 0.3) is 66.7 Å². The Morgan fingerprint density at radius 3 is 2.04 bits per heavy atom. The minimum atomic E-state index is -1.35. The van der Waals surface area contributed by atoms with E-state index in [2.05, 4.69) is 128 Å². The number of aromatic nitrogens is 2. The van der Waals surface area contributed by atoms with E-state index in [0.717, 1.165) is 67.1 Å². The third-order valence-electron chi connectivity index (χ3n) is 10.4. The second-order valence-corrected chi connectivity index (χ2v) is 20.2. The molecule has 54 heavy (non-hydrogen) atoms. The SMILES string of the molecule is C[Si](C)(C)c1cnc(-c2[c-]cccc2)cc1CC1CCCC1.[Ir].[c-]1ccc2c(oc3cc(-c4ccccc4)ccc32)c1-c1cc(-c2ccccc2)ccn1. The van der Waals surface area contributed by atoms with E-state index in [9.17, 15) is 0 Å². The predicted molar refractivity (Wildman–Crippen MR) is 224 cm³/mol. The van der Waals surface area contributed by atoms with Crippen LogP contribution in [0.1, 0.15) is 31.2 Å². The van der Waals surface area contributed by atoms with Crippen molar-refractivity contribution >= 4 is 35.2 Å². The van der Waals surface area contributed by atoms with Gasteiger partial charge < -0.3 is 14.4 Å². The van der Waals surface area contributed by atoms with Crippen LogP contribution in [0.5, 0.6) is 0 Å². The summed E-state index contributed by atoms with van der Waals surface area (Å²) in [4.78, 5) is 9.38. The van der Waals surface area contributed by atoms with Gasteiger partial charge in [-0.2, -0.15) is 0 Å². The van der Waals surface area contributed by atoms with Gasteiger partial charge in [0.1, 0.15) is 5.58 Å². The first-order chi connectivity index (χ1) is 25.9. The molecule has 3 heterocycles. The van der Waals surface area contributed by atoms with E-state index in [4.69, 9.17) is 9.40 Å². The number of nitrogens with zero attached hydrogens (tertiary/aromatic N) is 2. The quantitative estimate of drug-likeness (QED) is 0.118. The zero-order valence-electron chi connectivity index (χ0n) is 31.1. The fraction of sp³-hybridized carbons (Fsp3) is 0.184. The smallest absolute Gasteiger partial charge is 0.121 e. The molecule has 5 heteroatoms. The second-order valence-electron chi connectivity index (χ2n) is 15.2. The molecule has 1 aliphatic rings. The Morgan fingerprint density at radius 2 is 1.35 bits per heavy atom. The van der Waals surface area contributed by atoms with Crippen molar-refractivity contribution in [2.45, 2.75) is 51.7 Å². The van der Waals surface area contributed by atoms with Crippen LogP contribution in [-0.4, -0.2) is 18.0 Å². The summed E-state index contributed by atoms with van der Waals surface area (Å²) < 4.78 is 6.37. The summed E-state index contributed by atoms with van der Waals surface area (Å²) in [6.45, 7) is 7.28. The Hall–Kier alpha value is -4.93. The van der Waals surface area contributed by atoms with Gasteiger partial charge >= 0.3 is 0 Å². The standard InChI is InChI=1S/C29H18NO.C20H26NSi.Ir/c1-3-8-20(9-4-1)22-14-15-24-25-12-7-13-26(29(25)31-28(24)19-22)27-18-23(16-17-30-27)21-10-5-2-6-11-21;1-22(2,3)20-15-21-19(17-11-5-4-6-12-17)14-18(20)13-16-9-7-8-10-16;/h1-12,14-19H;4-6,11,14-16H,7-10,13H2,1-3H3;/q2*-1;. The van der Waals surface area contributed by atoms with Crippen molar-refractivity contribution in [2.75, 3.05) is 0 Å². The summed E-state index contributed by atoms with van der Waals surface area (Å²) in [5.74, 6) is 0.880. The van der Waals surface area contributed by atoms with E-state index in [1.807, 2.05) is 54.7 Å². The molecule has 0 spiro atoms. The molecule has 9 rings (SSSR count). The van der Waals surface area contributed by atoms with E-state index in [-0.39, 0.29) is 20.1 Å². The number of fused-ring (bicyclic) bond motifs is 3. The molecule has 0 amide bonds. The molecule has 271 valence electrons. The molecule has 5 aromatic carbocycles. The maximum absolute atomic E-state index is 6.37. The van der Waals surface area contributed by atoms with E-state index < -0.39 is 8.07 Å². The first-order valence-electron chi connectivity index (χ1n) is 18.8. The summed E-state index contributed by atoms with van der Waals surface area (Å²) in [5, 5.41) is 3.72. The van der Waals surface area contributed by atoms with Gasteiger partial charge in [-0.1, -0.05) is 147 Å². The van der Waals surface area contributed by atoms with E-state index >= 15 is 0 Å². The molecule has 0 atom stereocenters. The van der Waals surface area contributed by atoms with Gasteiger partial charge in [0.15, 0.2) is 0 Å². The number of rotatable bonds is 7. The molecule has 1 saturated carbocycles. The van der Waals surface area contributed by atoms with Gasteiger partial charge in [0.05, 0.1) is 13.7 Å². The molecule has 1 fully saturated rings. The van der Waals surface area contributed by atoms with Crippen LogP contribution in [0.4, 0.5) is 0 Å². The molecule has 0 saturated heterocycles. The normalized spacial score (nSPS) is 13.0. The summed E-state index contributed by atoms with van der Waals surface area (Å²) in [5.41, 5.74) is 11.8. The molecule has 0 aliphatic heterocycles. The minimum absolute atomic E-state index is 0. The van der Waals surface area contributed by atoms with Gasteiger partial charge in [-0.25, -0.2) is 0 Å². The van der Waals surface area contributed by atoms with Crippen LogP contribution in [0.3, 0.4) is 0 Å². The zero-order chi connectivity index (χ0) is 36.2. The third kappa shape index (κ3) is 8.24. The van der Waals surface area contributed by atoms with E-state index in [0.29, 0.717) is 0 Å². The van der Waals surface area contributed by atoms with Crippen LogP contribution in [-0.2, 0) is 26.5 Å². The van der Waals surface area contributed by atoms with E-state index in [1.165, 1.54) is 37.7 Å². The van der Waals surface area contributed by atoms with Gasteiger partial charge in [-0.3, -0.25) is 0 Å². The molecular weight excluding hydrogens is 853 g/mol. The van der Waals surface area contributed by atoms with Gasteiger partial charge in [0, 0.05) is 37.9 Å². The molecule has 0 bridgehead atoms. The van der Waals surface area contributed by atoms with Crippen LogP contribution in [0.2, 0.25) is 19.6 Å². The fourth-order valence-electron chi connectivity index (χ4n) is 7.69. The largest absolute Gasteiger partial charge is 0.501 e. The van der Waals surface area contributed by atoms with Crippen LogP contribution < -0.4 is 5.19 Å². The first-order valence-corrected chi connectivity index (χ1v) is 22.3. The second kappa shape index (κ2) is 16.6. The Bertz CT molecular complexity index is 2470. The van der Waals surface area contributed by atoms with Crippen LogP contribution >= 0.6 is 0 Å². The maximum atomic E-state index is 6.37. The molecule has 3 aromatic heterocycles. The van der Waals surface area contributed by atoms with Crippen molar-refractivity contribution < 1.29 is 24.5 Å². The molecular formula is C49H44IrN2OSi-2. The number of hydrogen-bond donors (Lipinski definition) is 0. The zero-order valence-corrected chi connectivity index (χ0v) is 34.5. The summed E-state index contributed by atoms with van der Waals surface area (Å²) in [6, 6.07) is 52.4. The predicted octanol–water partition coefficient (Wildman–Crippen LogP) is 12.6. The van der Waals surface area contributed by atoms with Gasteiger partial charge in [-0.05, 0) is 63.3 Å². The minimum Gasteiger partial charge on any atom is -0.501 e. The first kappa shape index (κ1) is 37.4. The summed E-state index contributed by atoms with van der Waals surface area (Å²) in [7, 11) is -1.35. The van der Waals surface area contributed by atoms with Gasteiger partial charge in [-0.15, -0.1) is 54.1 Å². The van der Waals surface area contributed by atoms with Crippen molar-refractivity contribution in [3.8, 4) is 44.8 Å². The van der Waals surface area contributed by atoms with Gasteiger partial charge in [0.2, 0.25) is 0 Å². The monoisotopic (exact) mass is 897 g/mol. The number of pyridine rings is 2. The number of benzene rings is 5. The van der Waals surface area contributed by atoms with Crippen LogP contribution in [0, 0.1) is 18.1 Å². The summed E-state index contributed by atoms with van der Waals surface area (Å²) >= 11 is 0. The van der Waals surface area contributed by atoms with Crippen molar-refractivity contribution in [1.29, 1.82) is 0 Å². The van der Waals surface area contributed by atoms with Crippen molar-refractivity contribution in [3.63, 3.8) is 0 Å². The number of hydrogen-bond acceptors (Lipinski definition) is 3. The molecule has 1 aliphatic carbocycles. The van der Waals surface area contributed by atoms with E-state index in [1.54, 1.807) is 10.8 Å². The molecule has 3 nitrogen and oxygen atoms in total. The fourth-order valence-corrected chi connectivity index (χ4v) is 9.28. The number of furan rings is 1. The average molecular weight is 897 g/mol. The Kier molecular flexibility index (Phi) is 11.5. The molecule has 8 aromatic rings. The van der Waals surface area contributed by atoms with Crippen LogP contribution in [0.15, 0.2) is 150 Å². The molecule has 0 unspecified atom stereocenters. The molecule has 0 N–H and O–H groups in total. The van der Waals surface area contributed by atoms with Crippen molar-refractivity contribution in [1.82, 2.24) is 9.97 Å².